The van der Waals surface area contributed by atoms with Gasteiger partial charge in [0, 0.05) is 38.9 Å². The van der Waals surface area contributed by atoms with E-state index >= 15 is 0 Å². The van der Waals surface area contributed by atoms with E-state index in [9.17, 15) is 24.3 Å². The monoisotopic (exact) mass is 415 g/mol. The van der Waals surface area contributed by atoms with Crippen LogP contribution in [0.1, 0.15) is 32.8 Å². The first kappa shape index (κ1) is 22.4. The number of carbonyl (C=O) groups is 4. The number of rotatable bonds is 7. The molecular formula is C21H21NO8. The first-order valence-corrected chi connectivity index (χ1v) is 8.95. The minimum atomic E-state index is -0.602. The van der Waals surface area contributed by atoms with Gasteiger partial charge in [0.25, 0.3) is 0 Å². The maximum Gasteiger partial charge on any atom is 0.308 e. The van der Waals surface area contributed by atoms with Crippen LogP contribution in [0.5, 0.6) is 23.0 Å². The summed E-state index contributed by atoms with van der Waals surface area (Å²) in [5.41, 5.74) is 1.03. The molecule has 2 aromatic rings. The Labute approximate surface area is 172 Å². The first-order valence-electron chi connectivity index (χ1n) is 8.95. The van der Waals surface area contributed by atoms with E-state index in [0.29, 0.717) is 17.7 Å². The summed E-state index contributed by atoms with van der Waals surface area (Å²) in [6, 6.07) is 8.75. The maximum absolute atomic E-state index is 12.2. The predicted molar refractivity (Wildman–Crippen MR) is 105 cm³/mol. The van der Waals surface area contributed by atoms with Crippen LogP contribution in [-0.2, 0) is 25.6 Å². The van der Waals surface area contributed by atoms with Gasteiger partial charge in [-0.25, -0.2) is 0 Å². The smallest absolute Gasteiger partial charge is 0.308 e. The zero-order valence-corrected chi connectivity index (χ0v) is 16.7. The van der Waals surface area contributed by atoms with Crippen molar-refractivity contribution in [3.63, 3.8) is 0 Å². The number of phenolic OH excluding ortho intramolecular Hbond substituents is 1. The van der Waals surface area contributed by atoms with Crippen LogP contribution in [0.3, 0.4) is 0 Å². The second-order valence-corrected chi connectivity index (χ2v) is 6.29. The van der Waals surface area contributed by atoms with Crippen molar-refractivity contribution in [2.24, 2.45) is 0 Å². The summed E-state index contributed by atoms with van der Waals surface area (Å²) in [5.74, 6) is -2.16. The Bertz CT molecular complexity index is 983. The molecule has 0 unspecified atom stereocenters. The van der Waals surface area contributed by atoms with Crippen molar-refractivity contribution in [1.29, 1.82) is 0 Å². The lowest BCUT2D eigenvalue weighted by molar-refractivity contribution is -0.134. The van der Waals surface area contributed by atoms with Crippen LogP contribution >= 0.6 is 0 Å². The third-order valence-corrected chi connectivity index (χ3v) is 3.65. The average molecular weight is 415 g/mol. The number of carbonyl (C=O) groups excluding carboxylic acids is 4. The Hall–Kier alpha value is -3.88. The molecule has 0 aliphatic heterocycles. The lowest BCUT2D eigenvalue weighted by Crippen LogP contribution is -2.13. The van der Waals surface area contributed by atoms with Gasteiger partial charge in [-0.2, -0.15) is 0 Å². The molecule has 0 saturated carbocycles. The number of benzene rings is 2. The van der Waals surface area contributed by atoms with Crippen molar-refractivity contribution in [2.75, 3.05) is 5.32 Å². The highest BCUT2D eigenvalue weighted by molar-refractivity contribution is 5.91. The Morgan fingerprint density at radius 2 is 1.40 bits per heavy atom. The van der Waals surface area contributed by atoms with E-state index < -0.39 is 17.9 Å². The van der Waals surface area contributed by atoms with Gasteiger partial charge in [-0.15, -0.1) is 0 Å². The third-order valence-electron chi connectivity index (χ3n) is 3.65. The predicted octanol–water partition coefficient (Wildman–Crippen LogP) is 2.74. The number of nitrogens with one attached hydrogen (secondary N) is 1. The zero-order chi connectivity index (χ0) is 22.3. The van der Waals surface area contributed by atoms with Crippen LogP contribution < -0.4 is 19.5 Å². The standard InChI is InChI=1S/C21H21NO8/c1-12(23)28-18-8-4-15(10-20(18)30-14(3)25)5-9-21(27)22-16-6-7-17(26)19(11-16)29-13(2)24/h4,6-8,10-11,26H,5,9H2,1-3H3,(H,22,27). The summed E-state index contributed by atoms with van der Waals surface area (Å²) < 4.78 is 14.9. The van der Waals surface area contributed by atoms with Crippen molar-refractivity contribution in [1.82, 2.24) is 0 Å². The number of ether oxygens (including phenoxy) is 3. The highest BCUT2D eigenvalue weighted by Crippen LogP contribution is 2.30. The van der Waals surface area contributed by atoms with Crippen molar-refractivity contribution < 1.29 is 38.5 Å². The van der Waals surface area contributed by atoms with Gasteiger partial charge in [0.15, 0.2) is 23.0 Å². The van der Waals surface area contributed by atoms with Crippen molar-refractivity contribution in [3.8, 4) is 23.0 Å². The summed E-state index contributed by atoms with van der Waals surface area (Å²) in [4.78, 5) is 45.7. The molecule has 1 amide bonds. The largest absolute Gasteiger partial charge is 0.504 e. The SMILES string of the molecule is CC(=O)Oc1cc(NC(=O)CCc2ccc(OC(C)=O)c(OC(C)=O)c2)ccc1O. The summed E-state index contributed by atoms with van der Waals surface area (Å²) in [7, 11) is 0. The lowest BCUT2D eigenvalue weighted by Gasteiger charge is -2.11. The first-order chi connectivity index (χ1) is 14.1. The Morgan fingerprint density at radius 3 is 2.03 bits per heavy atom. The fourth-order valence-electron chi connectivity index (χ4n) is 2.49. The molecule has 0 bridgehead atoms. The molecular weight excluding hydrogens is 394 g/mol. The van der Waals surface area contributed by atoms with Crippen LogP contribution in [0.2, 0.25) is 0 Å². The number of anilines is 1. The van der Waals surface area contributed by atoms with E-state index in [-0.39, 0.29) is 35.3 Å². The molecule has 9 nitrogen and oxygen atoms in total. The fourth-order valence-corrected chi connectivity index (χ4v) is 2.49. The average Bonchev–Trinajstić information content (AvgIpc) is 2.63. The van der Waals surface area contributed by atoms with Crippen molar-refractivity contribution in [2.45, 2.75) is 33.6 Å². The van der Waals surface area contributed by atoms with Gasteiger partial charge in [0.1, 0.15) is 0 Å². The molecule has 0 aliphatic rings. The molecule has 9 heteroatoms. The maximum atomic E-state index is 12.2. The number of phenols is 1. The number of amides is 1. The van der Waals surface area contributed by atoms with Crippen LogP contribution in [-0.4, -0.2) is 28.9 Å². The van der Waals surface area contributed by atoms with E-state index in [4.69, 9.17) is 14.2 Å². The van der Waals surface area contributed by atoms with E-state index in [1.807, 2.05) is 0 Å². The van der Waals surface area contributed by atoms with Crippen LogP contribution in [0.4, 0.5) is 5.69 Å². The van der Waals surface area contributed by atoms with Crippen LogP contribution in [0.25, 0.3) is 0 Å². The molecule has 0 heterocycles. The Balaban J connectivity index is 2.04. The van der Waals surface area contributed by atoms with Gasteiger partial charge in [0.2, 0.25) is 5.91 Å². The number of aryl methyl sites for hydroxylation is 1. The van der Waals surface area contributed by atoms with Gasteiger partial charge in [-0.1, -0.05) is 6.07 Å². The molecule has 0 fully saturated rings. The van der Waals surface area contributed by atoms with E-state index in [0.717, 1.165) is 0 Å². The van der Waals surface area contributed by atoms with Gasteiger partial charge in [-0.05, 0) is 36.2 Å². The van der Waals surface area contributed by atoms with E-state index in [2.05, 4.69) is 5.32 Å². The van der Waals surface area contributed by atoms with Gasteiger partial charge < -0.3 is 24.6 Å². The molecule has 158 valence electrons. The Morgan fingerprint density at radius 1 is 0.800 bits per heavy atom. The summed E-state index contributed by atoms with van der Waals surface area (Å²) >= 11 is 0. The van der Waals surface area contributed by atoms with E-state index in [1.165, 1.54) is 51.1 Å². The summed E-state index contributed by atoms with van der Waals surface area (Å²) in [6.45, 7) is 3.65. The zero-order valence-electron chi connectivity index (χ0n) is 16.7. The molecule has 2 rings (SSSR count). The van der Waals surface area contributed by atoms with Crippen LogP contribution in [0.15, 0.2) is 36.4 Å². The third kappa shape index (κ3) is 6.93. The molecule has 30 heavy (non-hydrogen) atoms. The molecule has 0 spiro atoms. The number of hydrogen-bond acceptors (Lipinski definition) is 8. The molecule has 2 aromatic carbocycles. The van der Waals surface area contributed by atoms with Gasteiger partial charge in [0.05, 0.1) is 0 Å². The highest BCUT2D eigenvalue weighted by Gasteiger charge is 2.13. The van der Waals surface area contributed by atoms with Gasteiger partial charge >= 0.3 is 17.9 Å². The van der Waals surface area contributed by atoms with Crippen LogP contribution in [0, 0.1) is 0 Å². The number of hydrogen-bond donors (Lipinski definition) is 2. The summed E-state index contributed by atoms with van der Waals surface area (Å²) in [5, 5.41) is 12.3. The minimum absolute atomic E-state index is 0.0626. The highest BCUT2D eigenvalue weighted by atomic mass is 16.6. The molecule has 2 N–H and O–H groups in total. The fraction of sp³-hybridized carbons (Fsp3) is 0.238. The quantitative estimate of drug-likeness (QED) is 0.401. The molecule has 0 aromatic heterocycles. The Kier molecular flexibility index (Phi) is 7.51. The number of esters is 3. The van der Waals surface area contributed by atoms with Crippen molar-refractivity contribution >= 4 is 29.5 Å². The normalized spacial score (nSPS) is 10.1. The van der Waals surface area contributed by atoms with Crippen molar-refractivity contribution in [3.05, 3.63) is 42.0 Å². The minimum Gasteiger partial charge on any atom is -0.504 e. The molecule has 0 saturated heterocycles. The lowest BCUT2D eigenvalue weighted by atomic mass is 10.1. The second kappa shape index (κ2) is 10.1. The molecule has 0 radical (unpaired) electrons. The summed E-state index contributed by atoms with van der Waals surface area (Å²) in [6.07, 6.45) is 0.408. The second-order valence-electron chi connectivity index (χ2n) is 6.29. The molecule has 0 aliphatic carbocycles. The molecule has 0 atom stereocenters. The number of aromatic hydroxyl groups is 1. The topological polar surface area (TPSA) is 128 Å². The van der Waals surface area contributed by atoms with E-state index in [1.54, 1.807) is 6.07 Å². The van der Waals surface area contributed by atoms with Gasteiger partial charge in [-0.3, -0.25) is 19.2 Å².